The van der Waals surface area contributed by atoms with Gasteiger partial charge in [0.05, 0.1) is 19.3 Å². The Kier molecular flexibility index (Phi) is 6.27. The zero-order valence-electron chi connectivity index (χ0n) is 15.7. The van der Waals surface area contributed by atoms with E-state index in [-0.39, 0.29) is 24.7 Å². The maximum absolute atomic E-state index is 12.2. The molecular weight excluding hydrogens is 376 g/mol. The maximum Gasteiger partial charge on any atom is 0.246 e. The Balaban J connectivity index is 1.22. The van der Waals surface area contributed by atoms with E-state index in [0.717, 1.165) is 35.7 Å². The molecule has 0 aliphatic carbocycles. The Morgan fingerprint density at radius 1 is 1.14 bits per heavy atom. The fourth-order valence-electron chi connectivity index (χ4n) is 3.96. The van der Waals surface area contributed by atoms with Crippen molar-refractivity contribution >= 4 is 17.5 Å². The summed E-state index contributed by atoms with van der Waals surface area (Å²) in [5, 5.41) is 3.84. The van der Waals surface area contributed by atoms with Gasteiger partial charge in [-0.2, -0.15) is 0 Å². The van der Waals surface area contributed by atoms with Gasteiger partial charge < -0.3 is 14.8 Å². The van der Waals surface area contributed by atoms with Crippen molar-refractivity contribution in [2.45, 2.75) is 31.2 Å². The number of carbonyl (C=O) groups is 1. The molecule has 4 rings (SSSR count). The Bertz CT molecular complexity index is 784. The Labute approximate surface area is 170 Å². The zero-order valence-corrected chi connectivity index (χ0v) is 16.5. The predicted octanol–water partition coefficient (Wildman–Crippen LogP) is 3.19. The number of hydrogen-bond acceptors (Lipinski definition) is 4. The number of halogens is 1. The van der Waals surface area contributed by atoms with Crippen LogP contribution in [0.4, 0.5) is 0 Å². The molecule has 1 N–H and O–H groups in total. The minimum absolute atomic E-state index is 0.0529. The van der Waals surface area contributed by atoms with E-state index in [1.807, 2.05) is 54.6 Å². The Hall–Kier alpha value is -1.92. The Morgan fingerprint density at radius 2 is 1.93 bits per heavy atom. The first-order valence-corrected chi connectivity index (χ1v) is 10.1. The Morgan fingerprint density at radius 3 is 2.71 bits per heavy atom. The summed E-state index contributed by atoms with van der Waals surface area (Å²) < 4.78 is 11.6. The molecule has 1 amide bonds. The number of nitrogens with one attached hydrogen (secondary N) is 1. The predicted molar refractivity (Wildman–Crippen MR) is 108 cm³/mol. The van der Waals surface area contributed by atoms with Crippen LogP contribution in [0, 0.1) is 0 Å². The molecule has 2 aromatic rings. The molecule has 3 atom stereocenters. The SMILES string of the molecule is O=C(COCc1ccccc1)N[C@H]1C[C@H]2CO[C@@H](c3ccc(Cl)cc3)CN2C1. The van der Waals surface area contributed by atoms with E-state index in [1.54, 1.807) is 0 Å². The van der Waals surface area contributed by atoms with Crippen molar-refractivity contribution < 1.29 is 14.3 Å². The number of ether oxygens (including phenoxy) is 2. The highest BCUT2D eigenvalue weighted by Crippen LogP contribution is 2.30. The molecule has 0 aromatic heterocycles. The van der Waals surface area contributed by atoms with Crippen LogP contribution in [-0.2, 0) is 20.9 Å². The number of benzene rings is 2. The molecule has 0 unspecified atom stereocenters. The molecule has 2 heterocycles. The summed E-state index contributed by atoms with van der Waals surface area (Å²) in [5.74, 6) is -0.0593. The first kappa shape index (κ1) is 19.4. The lowest BCUT2D eigenvalue weighted by Crippen LogP contribution is -2.43. The average Bonchev–Trinajstić information content (AvgIpc) is 3.10. The first-order valence-electron chi connectivity index (χ1n) is 9.69. The van der Waals surface area contributed by atoms with Crippen molar-refractivity contribution in [3.05, 3.63) is 70.7 Å². The first-order chi connectivity index (χ1) is 13.7. The third kappa shape index (κ3) is 4.92. The lowest BCUT2D eigenvalue weighted by molar-refractivity contribution is -0.126. The topological polar surface area (TPSA) is 50.8 Å². The summed E-state index contributed by atoms with van der Waals surface area (Å²) in [4.78, 5) is 14.6. The quantitative estimate of drug-likeness (QED) is 0.809. The van der Waals surface area contributed by atoms with Crippen LogP contribution < -0.4 is 5.32 Å². The molecule has 148 valence electrons. The number of morpholine rings is 1. The highest BCUT2D eigenvalue weighted by molar-refractivity contribution is 6.30. The van der Waals surface area contributed by atoms with Gasteiger partial charge in [0, 0.05) is 30.2 Å². The van der Waals surface area contributed by atoms with Crippen LogP contribution in [0.5, 0.6) is 0 Å². The molecule has 2 aliphatic rings. The number of fused-ring (bicyclic) bond motifs is 1. The van der Waals surface area contributed by atoms with Gasteiger partial charge in [-0.05, 0) is 29.7 Å². The minimum atomic E-state index is -0.0593. The number of rotatable bonds is 6. The number of nitrogens with zero attached hydrogens (tertiary/aromatic N) is 1. The second-order valence-corrected chi connectivity index (χ2v) is 7.90. The van der Waals surface area contributed by atoms with Crippen molar-refractivity contribution in [3.8, 4) is 0 Å². The molecule has 2 aliphatic heterocycles. The van der Waals surface area contributed by atoms with E-state index in [1.165, 1.54) is 0 Å². The molecule has 2 saturated heterocycles. The van der Waals surface area contributed by atoms with E-state index < -0.39 is 0 Å². The van der Waals surface area contributed by atoms with Crippen LogP contribution in [0.25, 0.3) is 0 Å². The zero-order chi connectivity index (χ0) is 19.3. The van der Waals surface area contributed by atoms with Crippen LogP contribution in [0.1, 0.15) is 23.7 Å². The van der Waals surface area contributed by atoms with Crippen LogP contribution in [-0.4, -0.2) is 49.2 Å². The molecule has 0 spiro atoms. The fourth-order valence-corrected chi connectivity index (χ4v) is 4.09. The van der Waals surface area contributed by atoms with E-state index in [2.05, 4.69) is 10.2 Å². The largest absolute Gasteiger partial charge is 0.371 e. The van der Waals surface area contributed by atoms with Gasteiger partial charge >= 0.3 is 0 Å². The molecule has 0 bridgehead atoms. The lowest BCUT2D eigenvalue weighted by Gasteiger charge is -2.35. The molecule has 0 radical (unpaired) electrons. The molecular formula is C22H25ClN2O3. The fraction of sp³-hybridized carbons (Fsp3) is 0.409. The summed E-state index contributed by atoms with van der Waals surface area (Å²) >= 11 is 5.98. The standard InChI is InChI=1S/C22H25ClN2O3/c23-18-8-6-17(7-9-18)21-12-25-11-19(10-20(25)14-28-21)24-22(26)15-27-13-16-4-2-1-3-5-16/h1-9,19-21H,10-15H2,(H,24,26)/t19-,20-,21+/m0/s1. The number of carbonyl (C=O) groups excluding carboxylic acids is 1. The lowest BCUT2D eigenvalue weighted by atomic mass is 10.1. The highest BCUT2D eigenvalue weighted by Gasteiger charge is 2.38. The molecule has 6 heteroatoms. The van der Waals surface area contributed by atoms with Crippen molar-refractivity contribution in [1.82, 2.24) is 10.2 Å². The van der Waals surface area contributed by atoms with E-state index >= 15 is 0 Å². The normalized spacial score (nSPS) is 24.7. The van der Waals surface area contributed by atoms with E-state index in [0.29, 0.717) is 19.3 Å². The number of amides is 1. The van der Waals surface area contributed by atoms with Crippen molar-refractivity contribution in [2.24, 2.45) is 0 Å². The minimum Gasteiger partial charge on any atom is -0.371 e. The van der Waals surface area contributed by atoms with Gasteiger partial charge in [0.25, 0.3) is 0 Å². The second-order valence-electron chi connectivity index (χ2n) is 7.46. The molecule has 2 aromatic carbocycles. The third-order valence-electron chi connectivity index (χ3n) is 5.37. The van der Waals surface area contributed by atoms with Gasteiger partial charge in [-0.25, -0.2) is 0 Å². The van der Waals surface area contributed by atoms with Gasteiger partial charge in [-0.1, -0.05) is 54.1 Å². The van der Waals surface area contributed by atoms with E-state index in [4.69, 9.17) is 21.1 Å². The smallest absolute Gasteiger partial charge is 0.246 e. The van der Waals surface area contributed by atoms with Crippen LogP contribution in [0.3, 0.4) is 0 Å². The molecule has 28 heavy (non-hydrogen) atoms. The highest BCUT2D eigenvalue weighted by atomic mass is 35.5. The summed E-state index contributed by atoms with van der Waals surface area (Å²) in [6, 6.07) is 18.2. The van der Waals surface area contributed by atoms with Gasteiger partial charge in [0.2, 0.25) is 5.91 Å². The van der Waals surface area contributed by atoms with Crippen LogP contribution in [0.15, 0.2) is 54.6 Å². The molecule has 2 fully saturated rings. The summed E-state index contributed by atoms with van der Waals surface area (Å²) in [6.07, 6.45) is 0.967. The van der Waals surface area contributed by atoms with Crippen LogP contribution in [0.2, 0.25) is 5.02 Å². The van der Waals surface area contributed by atoms with Gasteiger partial charge in [0.15, 0.2) is 0 Å². The van der Waals surface area contributed by atoms with Gasteiger partial charge in [-0.3, -0.25) is 9.69 Å². The monoisotopic (exact) mass is 400 g/mol. The second kappa shape index (κ2) is 9.05. The summed E-state index contributed by atoms with van der Waals surface area (Å²) in [5.41, 5.74) is 2.21. The van der Waals surface area contributed by atoms with Gasteiger partial charge in [0.1, 0.15) is 6.61 Å². The maximum atomic E-state index is 12.2. The molecule has 0 saturated carbocycles. The summed E-state index contributed by atoms with van der Waals surface area (Å²) in [6.45, 7) is 2.90. The number of hydrogen-bond donors (Lipinski definition) is 1. The van der Waals surface area contributed by atoms with Gasteiger partial charge in [-0.15, -0.1) is 0 Å². The summed E-state index contributed by atoms with van der Waals surface area (Å²) in [7, 11) is 0. The molecule has 5 nitrogen and oxygen atoms in total. The average molecular weight is 401 g/mol. The van der Waals surface area contributed by atoms with Crippen molar-refractivity contribution in [3.63, 3.8) is 0 Å². The third-order valence-corrected chi connectivity index (χ3v) is 5.62. The van der Waals surface area contributed by atoms with E-state index in [9.17, 15) is 4.79 Å². The van der Waals surface area contributed by atoms with Crippen LogP contribution >= 0.6 is 11.6 Å². The van der Waals surface area contributed by atoms with Crippen molar-refractivity contribution in [1.29, 1.82) is 0 Å². The van der Waals surface area contributed by atoms with Crippen molar-refractivity contribution in [2.75, 3.05) is 26.3 Å².